The number of phenolic OH excluding ortho intramolecular Hbond substituents is 1. The first-order valence-corrected chi connectivity index (χ1v) is 8.70. The molecule has 0 spiro atoms. The summed E-state index contributed by atoms with van der Waals surface area (Å²) in [5, 5.41) is 14.6. The Morgan fingerprint density at radius 1 is 1.20 bits per heavy atom. The molecule has 25 heavy (non-hydrogen) atoms. The van der Waals surface area contributed by atoms with Crippen LogP contribution in [-0.2, 0) is 4.79 Å². The molecule has 1 rings (SSSR count). The van der Waals surface area contributed by atoms with Gasteiger partial charge in [-0.1, -0.05) is 53.9 Å². The fraction of sp³-hybridized carbons (Fsp3) is 0.357. The molecule has 0 aliphatic heterocycles. The molecule has 0 aliphatic rings. The molecular weight excluding hydrogens is 411 g/mol. The van der Waals surface area contributed by atoms with Crippen molar-refractivity contribution in [2.24, 2.45) is 0 Å². The lowest BCUT2D eigenvalue weighted by Gasteiger charge is -2.27. The van der Waals surface area contributed by atoms with Crippen LogP contribution in [0.2, 0.25) is 0 Å². The smallest absolute Gasteiger partial charge is 0.273 e. The summed E-state index contributed by atoms with van der Waals surface area (Å²) in [7, 11) is 0. The van der Waals surface area contributed by atoms with E-state index in [9.17, 15) is 14.7 Å². The SMILES string of the molecule is CCCC(=O)N[C@H](NC(=S)NNC(=O)c1ccccc1O)C(Cl)(Cl)Cl. The third-order valence-corrected chi connectivity index (χ3v) is 3.70. The number of aromatic hydroxyl groups is 1. The zero-order chi connectivity index (χ0) is 19.0. The van der Waals surface area contributed by atoms with E-state index >= 15 is 0 Å². The van der Waals surface area contributed by atoms with Crippen LogP contribution in [-0.4, -0.2) is 32.0 Å². The van der Waals surface area contributed by atoms with Crippen LogP contribution in [0.1, 0.15) is 30.1 Å². The number of hydrazine groups is 1. The van der Waals surface area contributed by atoms with Crippen LogP contribution in [0.5, 0.6) is 5.75 Å². The zero-order valence-corrected chi connectivity index (χ0v) is 16.2. The molecule has 0 radical (unpaired) electrons. The van der Waals surface area contributed by atoms with Crippen molar-refractivity contribution in [1.82, 2.24) is 21.5 Å². The normalized spacial score (nSPS) is 12.0. The molecule has 1 aromatic rings. The van der Waals surface area contributed by atoms with E-state index in [1.54, 1.807) is 12.1 Å². The van der Waals surface area contributed by atoms with Gasteiger partial charge in [0, 0.05) is 6.42 Å². The minimum Gasteiger partial charge on any atom is -0.507 e. The summed E-state index contributed by atoms with van der Waals surface area (Å²) in [6.45, 7) is 1.83. The number of hydrogen-bond donors (Lipinski definition) is 5. The molecule has 11 heteroatoms. The van der Waals surface area contributed by atoms with Crippen LogP contribution in [0.4, 0.5) is 0 Å². The number of carbonyl (C=O) groups excluding carboxylic acids is 2. The number of thiocarbonyl (C=S) groups is 1. The first kappa shape index (κ1) is 21.6. The average Bonchev–Trinajstić information content (AvgIpc) is 2.52. The number of hydrogen-bond acceptors (Lipinski definition) is 4. The molecule has 0 heterocycles. The number of para-hydroxylation sites is 1. The van der Waals surface area contributed by atoms with Crippen LogP contribution in [0.15, 0.2) is 24.3 Å². The fourth-order valence-electron chi connectivity index (χ4n) is 1.67. The molecule has 0 saturated heterocycles. The third-order valence-electron chi connectivity index (χ3n) is 2.82. The largest absolute Gasteiger partial charge is 0.507 e. The van der Waals surface area contributed by atoms with Crippen LogP contribution >= 0.6 is 47.0 Å². The van der Waals surface area contributed by atoms with E-state index in [0.717, 1.165) is 0 Å². The van der Waals surface area contributed by atoms with E-state index in [0.29, 0.717) is 6.42 Å². The standard InChI is InChI=1S/C14H17Cl3N4O3S/c1-2-5-10(23)18-12(14(15,16)17)19-13(25)21-20-11(24)8-6-3-4-7-9(8)22/h3-4,6-7,12,22H,2,5H2,1H3,(H,18,23)(H,20,24)(H2,19,21,25)/t12-/m1/s1. The van der Waals surface area contributed by atoms with Gasteiger partial charge in [0.2, 0.25) is 9.70 Å². The number of halogens is 3. The molecule has 0 aromatic heterocycles. The van der Waals surface area contributed by atoms with Crippen molar-refractivity contribution in [2.45, 2.75) is 29.7 Å². The average molecular weight is 428 g/mol. The molecule has 1 aromatic carbocycles. The van der Waals surface area contributed by atoms with Gasteiger partial charge in [0.15, 0.2) is 5.11 Å². The lowest BCUT2D eigenvalue weighted by molar-refractivity contribution is -0.121. The minimum atomic E-state index is -1.88. The maximum atomic E-state index is 11.9. The van der Waals surface area contributed by atoms with Gasteiger partial charge in [0.1, 0.15) is 11.9 Å². The highest BCUT2D eigenvalue weighted by Crippen LogP contribution is 2.29. The zero-order valence-electron chi connectivity index (χ0n) is 13.1. The number of rotatable bonds is 5. The van der Waals surface area contributed by atoms with Gasteiger partial charge >= 0.3 is 0 Å². The Morgan fingerprint density at radius 2 is 1.84 bits per heavy atom. The Hall–Kier alpha value is -1.48. The van der Waals surface area contributed by atoms with Crippen LogP contribution in [0, 0.1) is 0 Å². The number of carbonyl (C=O) groups is 2. The Kier molecular flexibility index (Phi) is 8.51. The van der Waals surface area contributed by atoms with Crippen LogP contribution < -0.4 is 21.5 Å². The third kappa shape index (κ3) is 7.52. The first-order valence-electron chi connectivity index (χ1n) is 7.16. The monoisotopic (exact) mass is 426 g/mol. The lowest BCUT2D eigenvalue weighted by Crippen LogP contribution is -2.59. The van der Waals surface area contributed by atoms with Gasteiger partial charge in [-0.2, -0.15) is 0 Å². The second kappa shape index (κ2) is 9.86. The highest BCUT2D eigenvalue weighted by Gasteiger charge is 2.34. The summed E-state index contributed by atoms with van der Waals surface area (Å²) < 4.78 is -1.88. The lowest BCUT2D eigenvalue weighted by atomic mass is 10.2. The van der Waals surface area contributed by atoms with Crippen LogP contribution in [0.25, 0.3) is 0 Å². The minimum absolute atomic E-state index is 0.0481. The molecule has 138 valence electrons. The topological polar surface area (TPSA) is 102 Å². The van der Waals surface area contributed by atoms with Crippen molar-refractivity contribution >= 4 is 63.9 Å². The molecular formula is C14H17Cl3N4O3S. The van der Waals surface area contributed by atoms with Crippen molar-refractivity contribution in [3.05, 3.63) is 29.8 Å². The van der Waals surface area contributed by atoms with E-state index < -0.39 is 15.9 Å². The Balaban J connectivity index is 2.61. The molecule has 0 fully saturated rings. The van der Waals surface area contributed by atoms with Gasteiger partial charge in [0.05, 0.1) is 5.56 Å². The number of benzene rings is 1. The Labute approximate surface area is 165 Å². The predicted octanol–water partition coefficient (Wildman–Crippen LogP) is 2.11. The molecule has 5 N–H and O–H groups in total. The van der Waals surface area contributed by atoms with Crippen molar-refractivity contribution in [3.63, 3.8) is 0 Å². The van der Waals surface area contributed by atoms with Crippen molar-refractivity contribution in [1.29, 1.82) is 0 Å². The van der Waals surface area contributed by atoms with E-state index in [1.165, 1.54) is 12.1 Å². The summed E-state index contributed by atoms with van der Waals surface area (Å²) in [6, 6.07) is 5.97. The van der Waals surface area contributed by atoms with Gasteiger partial charge in [0.25, 0.3) is 5.91 Å². The quantitative estimate of drug-likeness (QED) is 0.213. The highest BCUT2D eigenvalue weighted by molar-refractivity contribution is 7.80. The summed E-state index contributed by atoms with van der Waals surface area (Å²) >= 11 is 22.4. The predicted molar refractivity (Wildman–Crippen MR) is 102 cm³/mol. The number of alkyl halides is 3. The second-order valence-corrected chi connectivity index (χ2v) is 7.64. The van der Waals surface area contributed by atoms with Gasteiger partial charge in [-0.15, -0.1) is 0 Å². The molecule has 0 aliphatic carbocycles. The van der Waals surface area contributed by atoms with Crippen molar-refractivity contribution < 1.29 is 14.7 Å². The first-order chi connectivity index (χ1) is 11.6. The second-order valence-electron chi connectivity index (χ2n) is 4.86. The van der Waals surface area contributed by atoms with Gasteiger partial charge in [-0.3, -0.25) is 20.4 Å². The number of nitrogens with one attached hydrogen (secondary N) is 4. The van der Waals surface area contributed by atoms with E-state index in [-0.39, 0.29) is 28.8 Å². The van der Waals surface area contributed by atoms with E-state index in [1.807, 2.05) is 6.92 Å². The van der Waals surface area contributed by atoms with Crippen LogP contribution in [0.3, 0.4) is 0 Å². The van der Waals surface area contributed by atoms with Gasteiger partial charge in [-0.05, 0) is 30.8 Å². The summed E-state index contributed by atoms with van der Waals surface area (Å²) in [4.78, 5) is 23.6. The summed E-state index contributed by atoms with van der Waals surface area (Å²) in [5.74, 6) is -1.14. The van der Waals surface area contributed by atoms with Gasteiger partial charge < -0.3 is 15.7 Å². The fourth-order valence-corrected chi connectivity index (χ4v) is 2.17. The molecule has 0 bridgehead atoms. The summed E-state index contributed by atoms with van der Waals surface area (Å²) in [6.07, 6.45) is -0.237. The maximum absolute atomic E-state index is 11.9. The highest BCUT2D eigenvalue weighted by atomic mass is 35.6. The Morgan fingerprint density at radius 3 is 2.40 bits per heavy atom. The molecule has 2 amide bonds. The van der Waals surface area contributed by atoms with Gasteiger partial charge in [-0.25, -0.2) is 0 Å². The summed E-state index contributed by atoms with van der Waals surface area (Å²) in [5.41, 5.74) is 4.73. The van der Waals surface area contributed by atoms with Crippen molar-refractivity contribution in [3.8, 4) is 5.75 Å². The molecule has 1 atom stereocenters. The number of phenols is 1. The maximum Gasteiger partial charge on any atom is 0.273 e. The van der Waals surface area contributed by atoms with E-state index in [2.05, 4.69) is 21.5 Å². The van der Waals surface area contributed by atoms with Crippen molar-refractivity contribution in [2.75, 3.05) is 0 Å². The van der Waals surface area contributed by atoms with E-state index in [4.69, 9.17) is 47.0 Å². The Bertz CT molecular complexity index is 640. The molecule has 0 saturated carbocycles. The number of amides is 2. The molecule has 0 unspecified atom stereocenters. The molecule has 7 nitrogen and oxygen atoms in total.